The highest BCUT2D eigenvalue weighted by Gasteiger charge is 2.34. The number of anilines is 1. The van der Waals surface area contributed by atoms with E-state index < -0.39 is 11.7 Å². The van der Waals surface area contributed by atoms with Crippen molar-refractivity contribution in [1.82, 2.24) is 4.98 Å². The van der Waals surface area contributed by atoms with E-state index in [1.54, 1.807) is 0 Å². The van der Waals surface area contributed by atoms with E-state index in [2.05, 4.69) is 10.3 Å². The Morgan fingerprint density at radius 2 is 1.67 bits per heavy atom. The lowest BCUT2D eigenvalue weighted by Crippen LogP contribution is -2.28. The number of halogens is 3. The molecule has 0 radical (unpaired) electrons. The third-order valence-electron chi connectivity index (χ3n) is 3.37. The summed E-state index contributed by atoms with van der Waals surface area (Å²) in [7, 11) is 0. The minimum atomic E-state index is -4.41. The molecule has 1 aromatic heterocycles. The first-order valence-corrected chi connectivity index (χ1v) is 6.62. The van der Waals surface area contributed by atoms with Crippen LogP contribution >= 0.6 is 0 Å². The standard InChI is InChI=1S/C16H17F3N2/c1-15(2,12-7-4-3-5-8-12)11-21-14-13(16(17,18)19)9-6-10-20-14/h3-10H,11H2,1-2H3,(H,20,21). The molecule has 0 aliphatic carbocycles. The van der Waals surface area contributed by atoms with Crippen molar-refractivity contribution in [3.63, 3.8) is 0 Å². The van der Waals surface area contributed by atoms with Crippen LogP contribution in [0, 0.1) is 0 Å². The van der Waals surface area contributed by atoms with Gasteiger partial charge in [0, 0.05) is 18.2 Å². The highest BCUT2D eigenvalue weighted by atomic mass is 19.4. The Labute approximate surface area is 122 Å². The second-order valence-corrected chi connectivity index (χ2v) is 5.50. The molecule has 0 amide bonds. The van der Waals surface area contributed by atoms with Crippen LogP contribution in [0.2, 0.25) is 0 Å². The molecular formula is C16H17F3N2. The third kappa shape index (κ3) is 3.74. The molecule has 0 atom stereocenters. The van der Waals surface area contributed by atoms with Gasteiger partial charge in [-0.1, -0.05) is 44.2 Å². The Hall–Kier alpha value is -2.04. The molecular weight excluding hydrogens is 277 g/mol. The van der Waals surface area contributed by atoms with E-state index in [0.717, 1.165) is 11.6 Å². The number of nitrogens with zero attached hydrogens (tertiary/aromatic N) is 1. The Bertz CT molecular complexity index is 592. The fraction of sp³-hybridized carbons (Fsp3) is 0.312. The van der Waals surface area contributed by atoms with Crippen molar-refractivity contribution in [3.05, 3.63) is 59.8 Å². The number of hydrogen-bond donors (Lipinski definition) is 1. The molecule has 0 fully saturated rings. The van der Waals surface area contributed by atoms with E-state index in [1.807, 2.05) is 44.2 Å². The van der Waals surface area contributed by atoms with Gasteiger partial charge in [0.2, 0.25) is 0 Å². The SMILES string of the molecule is CC(C)(CNc1ncccc1C(F)(F)F)c1ccccc1. The summed E-state index contributed by atoms with van der Waals surface area (Å²) in [5.41, 5.74) is 0.0117. The molecule has 0 unspecified atom stereocenters. The van der Waals surface area contributed by atoms with Crippen molar-refractivity contribution in [2.45, 2.75) is 25.4 Å². The van der Waals surface area contributed by atoms with Crippen molar-refractivity contribution < 1.29 is 13.2 Å². The van der Waals surface area contributed by atoms with Gasteiger partial charge >= 0.3 is 6.18 Å². The summed E-state index contributed by atoms with van der Waals surface area (Å²) in [4.78, 5) is 3.81. The fourth-order valence-electron chi connectivity index (χ4n) is 2.07. The molecule has 21 heavy (non-hydrogen) atoms. The van der Waals surface area contributed by atoms with E-state index in [9.17, 15) is 13.2 Å². The minimum absolute atomic E-state index is 0.131. The number of alkyl halides is 3. The fourth-order valence-corrected chi connectivity index (χ4v) is 2.07. The van der Waals surface area contributed by atoms with E-state index in [1.165, 1.54) is 12.3 Å². The van der Waals surface area contributed by atoms with Crippen molar-refractivity contribution in [2.75, 3.05) is 11.9 Å². The molecule has 2 aromatic rings. The zero-order valence-corrected chi connectivity index (χ0v) is 11.9. The second kappa shape index (κ2) is 5.76. The average molecular weight is 294 g/mol. The molecule has 2 rings (SSSR count). The van der Waals surface area contributed by atoms with Gasteiger partial charge in [0.05, 0.1) is 5.56 Å². The highest BCUT2D eigenvalue weighted by molar-refractivity contribution is 5.46. The van der Waals surface area contributed by atoms with Crippen LogP contribution in [0.4, 0.5) is 19.0 Å². The third-order valence-corrected chi connectivity index (χ3v) is 3.37. The van der Waals surface area contributed by atoms with Gasteiger partial charge in [-0.25, -0.2) is 4.98 Å². The van der Waals surface area contributed by atoms with Crippen LogP contribution in [0.5, 0.6) is 0 Å². The lowest BCUT2D eigenvalue weighted by molar-refractivity contribution is -0.137. The summed E-state index contributed by atoms with van der Waals surface area (Å²) >= 11 is 0. The van der Waals surface area contributed by atoms with Gasteiger partial charge in [0.25, 0.3) is 0 Å². The van der Waals surface area contributed by atoms with Crippen LogP contribution in [0.15, 0.2) is 48.7 Å². The molecule has 112 valence electrons. The predicted molar refractivity (Wildman–Crippen MR) is 77.2 cm³/mol. The largest absolute Gasteiger partial charge is 0.419 e. The summed E-state index contributed by atoms with van der Waals surface area (Å²) in [6.07, 6.45) is -3.05. The first-order valence-electron chi connectivity index (χ1n) is 6.62. The highest BCUT2D eigenvalue weighted by Crippen LogP contribution is 2.34. The molecule has 0 bridgehead atoms. The van der Waals surface area contributed by atoms with Gasteiger partial charge in [0.1, 0.15) is 5.82 Å². The number of pyridine rings is 1. The monoisotopic (exact) mass is 294 g/mol. The quantitative estimate of drug-likeness (QED) is 0.898. The van der Waals surface area contributed by atoms with Crippen LogP contribution in [-0.4, -0.2) is 11.5 Å². The smallest absolute Gasteiger partial charge is 0.369 e. The lowest BCUT2D eigenvalue weighted by atomic mass is 9.84. The zero-order valence-electron chi connectivity index (χ0n) is 11.9. The molecule has 0 spiro atoms. The summed E-state index contributed by atoms with van der Waals surface area (Å²) in [5, 5.41) is 2.83. The summed E-state index contributed by atoms with van der Waals surface area (Å²) < 4.78 is 38.7. The molecule has 0 aliphatic heterocycles. The van der Waals surface area contributed by atoms with Crippen LogP contribution in [-0.2, 0) is 11.6 Å². The molecule has 1 heterocycles. The van der Waals surface area contributed by atoms with Crippen molar-refractivity contribution in [2.24, 2.45) is 0 Å². The maximum absolute atomic E-state index is 12.9. The van der Waals surface area contributed by atoms with Gasteiger partial charge in [0.15, 0.2) is 0 Å². The maximum atomic E-state index is 12.9. The van der Waals surface area contributed by atoms with E-state index in [4.69, 9.17) is 0 Å². The Kier molecular flexibility index (Phi) is 4.21. The van der Waals surface area contributed by atoms with Gasteiger partial charge in [-0.15, -0.1) is 0 Å². The zero-order chi connectivity index (χ0) is 15.5. The summed E-state index contributed by atoms with van der Waals surface area (Å²) in [6, 6.07) is 12.0. The predicted octanol–water partition coefficient (Wildman–Crippen LogP) is 4.49. The van der Waals surface area contributed by atoms with Gasteiger partial charge in [-0.3, -0.25) is 0 Å². The van der Waals surface area contributed by atoms with E-state index >= 15 is 0 Å². The van der Waals surface area contributed by atoms with Crippen LogP contribution in [0.3, 0.4) is 0 Å². The van der Waals surface area contributed by atoms with Crippen LogP contribution < -0.4 is 5.32 Å². The van der Waals surface area contributed by atoms with Crippen molar-refractivity contribution in [3.8, 4) is 0 Å². The molecule has 0 saturated carbocycles. The molecule has 1 N–H and O–H groups in total. The van der Waals surface area contributed by atoms with Crippen LogP contribution in [0.1, 0.15) is 25.0 Å². The van der Waals surface area contributed by atoms with Crippen molar-refractivity contribution >= 4 is 5.82 Å². The van der Waals surface area contributed by atoms with Gasteiger partial charge < -0.3 is 5.32 Å². The second-order valence-electron chi connectivity index (χ2n) is 5.50. The molecule has 0 aliphatic rings. The summed E-state index contributed by atoms with van der Waals surface area (Å²) in [6.45, 7) is 4.31. The number of benzene rings is 1. The summed E-state index contributed by atoms with van der Waals surface area (Å²) in [5.74, 6) is -0.131. The normalized spacial score (nSPS) is 12.2. The van der Waals surface area contributed by atoms with E-state index in [-0.39, 0.29) is 11.2 Å². The molecule has 1 aromatic carbocycles. The Morgan fingerprint density at radius 1 is 1.00 bits per heavy atom. The first kappa shape index (κ1) is 15.4. The number of hydrogen-bond acceptors (Lipinski definition) is 2. The Balaban J connectivity index is 2.17. The number of aromatic nitrogens is 1. The average Bonchev–Trinajstić information content (AvgIpc) is 2.45. The van der Waals surface area contributed by atoms with Crippen molar-refractivity contribution in [1.29, 1.82) is 0 Å². The van der Waals surface area contributed by atoms with E-state index in [0.29, 0.717) is 6.54 Å². The number of nitrogens with one attached hydrogen (secondary N) is 1. The first-order chi connectivity index (χ1) is 9.81. The van der Waals surface area contributed by atoms with Crippen LogP contribution in [0.25, 0.3) is 0 Å². The number of rotatable bonds is 4. The van der Waals surface area contributed by atoms with Gasteiger partial charge in [-0.2, -0.15) is 13.2 Å². The topological polar surface area (TPSA) is 24.9 Å². The molecule has 0 saturated heterocycles. The lowest BCUT2D eigenvalue weighted by Gasteiger charge is -2.26. The Morgan fingerprint density at radius 3 is 2.29 bits per heavy atom. The molecule has 5 heteroatoms. The maximum Gasteiger partial charge on any atom is 0.419 e. The minimum Gasteiger partial charge on any atom is -0.369 e. The molecule has 2 nitrogen and oxygen atoms in total. The van der Waals surface area contributed by atoms with Gasteiger partial charge in [-0.05, 0) is 17.7 Å².